The minimum atomic E-state index is -4.65. The molecule has 0 saturated heterocycles. The highest BCUT2D eigenvalue weighted by atomic mass is 19.4. The van der Waals surface area contributed by atoms with Crippen LogP contribution in [0.1, 0.15) is 18.7 Å². The lowest BCUT2D eigenvalue weighted by molar-refractivity contribution is -0.208. The minimum absolute atomic E-state index is 0.131. The van der Waals surface area contributed by atoms with Crippen LogP contribution in [0.4, 0.5) is 13.2 Å². The van der Waals surface area contributed by atoms with E-state index >= 15 is 0 Å². The number of rotatable bonds is 3. The summed E-state index contributed by atoms with van der Waals surface area (Å²) >= 11 is 0. The van der Waals surface area contributed by atoms with Gasteiger partial charge in [-0.15, -0.1) is 0 Å². The van der Waals surface area contributed by atoms with Crippen LogP contribution in [-0.2, 0) is 6.54 Å². The van der Waals surface area contributed by atoms with Gasteiger partial charge in [-0.3, -0.25) is 0 Å². The van der Waals surface area contributed by atoms with E-state index in [1.165, 1.54) is 10.6 Å². The Labute approximate surface area is 109 Å². The molecule has 0 bridgehead atoms. The van der Waals surface area contributed by atoms with Crippen molar-refractivity contribution in [2.45, 2.75) is 25.7 Å². The number of nitrogens with zero attached hydrogens (tertiary/aromatic N) is 1. The predicted molar refractivity (Wildman–Crippen MR) is 66.6 cm³/mol. The number of benzene rings is 1. The molecule has 2 aromatic rings. The van der Waals surface area contributed by atoms with Crippen LogP contribution in [0.25, 0.3) is 11.3 Å². The van der Waals surface area contributed by atoms with E-state index in [4.69, 9.17) is 0 Å². The summed E-state index contributed by atoms with van der Waals surface area (Å²) in [6.45, 7) is 2.11. The fourth-order valence-electron chi connectivity index (χ4n) is 2.10. The summed E-state index contributed by atoms with van der Waals surface area (Å²) in [5, 5.41) is 9.38. The number of aliphatic hydroxyl groups excluding tert-OH is 1. The van der Waals surface area contributed by atoms with Crippen molar-refractivity contribution >= 4 is 0 Å². The molecule has 2 nitrogen and oxygen atoms in total. The van der Waals surface area contributed by atoms with Crippen LogP contribution < -0.4 is 0 Å². The minimum Gasteiger partial charge on any atom is -0.378 e. The molecule has 1 aromatic carbocycles. The first-order chi connectivity index (χ1) is 8.95. The normalized spacial score (nSPS) is 13.5. The molecule has 0 saturated carbocycles. The lowest BCUT2D eigenvalue weighted by atomic mass is 10.1. The molecule has 102 valence electrons. The summed E-state index contributed by atoms with van der Waals surface area (Å²) in [5.41, 5.74) is 1.36. The van der Waals surface area contributed by atoms with Crippen molar-refractivity contribution in [3.05, 3.63) is 48.2 Å². The van der Waals surface area contributed by atoms with Crippen LogP contribution in [0.3, 0.4) is 0 Å². The quantitative estimate of drug-likeness (QED) is 0.901. The van der Waals surface area contributed by atoms with E-state index < -0.39 is 12.3 Å². The Bertz CT molecular complexity index is 546. The Morgan fingerprint density at radius 1 is 1.11 bits per heavy atom. The maximum atomic E-state index is 12.6. The highest BCUT2D eigenvalue weighted by molar-refractivity contribution is 5.61. The summed E-state index contributed by atoms with van der Waals surface area (Å²) < 4.78 is 39.3. The molecule has 0 amide bonds. The second-order valence-electron chi connectivity index (χ2n) is 4.20. The van der Waals surface area contributed by atoms with Crippen molar-refractivity contribution in [1.82, 2.24) is 4.57 Å². The van der Waals surface area contributed by atoms with Gasteiger partial charge in [0.25, 0.3) is 0 Å². The monoisotopic (exact) mass is 269 g/mol. The van der Waals surface area contributed by atoms with Crippen LogP contribution in [0, 0.1) is 0 Å². The first-order valence-corrected chi connectivity index (χ1v) is 5.94. The molecule has 1 N–H and O–H groups in total. The third-order valence-corrected chi connectivity index (χ3v) is 2.99. The zero-order valence-electron chi connectivity index (χ0n) is 10.4. The lowest BCUT2D eigenvalue weighted by Crippen LogP contribution is -2.23. The van der Waals surface area contributed by atoms with Gasteiger partial charge in [0.05, 0.1) is 5.69 Å². The van der Waals surface area contributed by atoms with E-state index in [-0.39, 0.29) is 5.69 Å². The van der Waals surface area contributed by atoms with Gasteiger partial charge in [-0.25, -0.2) is 0 Å². The molecule has 2 rings (SSSR count). The molecule has 1 atom stereocenters. The molecule has 1 heterocycles. The Morgan fingerprint density at radius 3 is 2.26 bits per heavy atom. The average Bonchev–Trinajstić information content (AvgIpc) is 2.81. The Balaban J connectivity index is 2.48. The Kier molecular flexibility index (Phi) is 3.66. The standard InChI is InChI=1S/C14H14F3NO/c1-2-18-11(10-6-4-3-5-7-10)8-9-12(18)13(19)14(15,16)17/h3-9,13,19H,2H2,1H3/t13-/m1/s1. The van der Waals surface area contributed by atoms with E-state index in [1.54, 1.807) is 13.0 Å². The molecule has 0 spiro atoms. The van der Waals surface area contributed by atoms with Gasteiger partial charge in [0.15, 0.2) is 6.10 Å². The second-order valence-corrected chi connectivity index (χ2v) is 4.20. The smallest absolute Gasteiger partial charge is 0.378 e. The van der Waals surface area contributed by atoms with E-state index in [0.717, 1.165) is 5.56 Å². The topological polar surface area (TPSA) is 25.2 Å². The molecule has 0 unspecified atom stereocenters. The molecule has 5 heteroatoms. The van der Waals surface area contributed by atoms with Crippen molar-refractivity contribution in [3.63, 3.8) is 0 Å². The van der Waals surface area contributed by atoms with Crippen LogP contribution >= 0.6 is 0 Å². The number of hydrogen-bond acceptors (Lipinski definition) is 1. The van der Waals surface area contributed by atoms with Crippen molar-refractivity contribution in [2.24, 2.45) is 0 Å². The Morgan fingerprint density at radius 2 is 1.74 bits per heavy atom. The highest BCUT2D eigenvalue weighted by Crippen LogP contribution is 2.35. The molecule has 19 heavy (non-hydrogen) atoms. The van der Waals surface area contributed by atoms with Crippen molar-refractivity contribution < 1.29 is 18.3 Å². The van der Waals surface area contributed by atoms with Gasteiger partial charge in [0.1, 0.15) is 0 Å². The van der Waals surface area contributed by atoms with E-state index in [9.17, 15) is 18.3 Å². The summed E-state index contributed by atoms with van der Waals surface area (Å²) in [6, 6.07) is 12.1. The molecular formula is C14H14F3NO. The van der Waals surface area contributed by atoms with Gasteiger partial charge in [-0.2, -0.15) is 13.2 Å². The summed E-state index contributed by atoms with van der Waals surface area (Å²) in [6.07, 6.45) is -7.11. The predicted octanol–water partition coefficient (Wildman–Crippen LogP) is 3.77. The van der Waals surface area contributed by atoms with E-state index in [0.29, 0.717) is 12.2 Å². The maximum Gasteiger partial charge on any atom is 0.420 e. The zero-order chi connectivity index (χ0) is 14.0. The largest absolute Gasteiger partial charge is 0.420 e. The summed E-state index contributed by atoms with van der Waals surface area (Å²) in [7, 11) is 0. The molecule has 0 aliphatic heterocycles. The molecular weight excluding hydrogens is 255 g/mol. The second kappa shape index (κ2) is 5.09. The lowest BCUT2D eigenvalue weighted by Gasteiger charge is -2.18. The van der Waals surface area contributed by atoms with Gasteiger partial charge < -0.3 is 9.67 Å². The van der Waals surface area contributed by atoms with Gasteiger partial charge in [-0.05, 0) is 24.6 Å². The van der Waals surface area contributed by atoms with Gasteiger partial charge in [0, 0.05) is 12.2 Å². The average molecular weight is 269 g/mol. The van der Waals surface area contributed by atoms with Gasteiger partial charge in [0.2, 0.25) is 0 Å². The van der Waals surface area contributed by atoms with Crippen LogP contribution in [0.15, 0.2) is 42.5 Å². The van der Waals surface area contributed by atoms with Crippen molar-refractivity contribution in [3.8, 4) is 11.3 Å². The van der Waals surface area contributed by atoms with E-state index in [2.05, 4.69) is 0 Å². The first kappa shape index (κ1) is 13.7. The molecule has 1 aromatic heterocycles. The molecule has 0 fully saturated rings. The number of aliphatic hydroxyl groups is 1. The van der Waals surface area contributed by atoms with Crippen molar-refractivity contribution in [2.75, 3.05) is 0 Å². The SMILES string of the molecule is CCn1c(-c2ccccc2)ccc1[C@@H](O)C(F)(F)F. The third kappa shape index (κ3) is 2.66. The molecule has 0 aliphatic rings. The zero-order valence-corrected chi connectivity index (χ0v) is 10.4. The Hall–Kier alpha value is -1.75. The number of hydrogen-bond donors (Lipinski definition) is 1. The van der Waals surface area contributed by atoms with Crippen molar-refractivity contribution in [1.29, 1.82) is 0 Å². The van der Waals surface area contributed by atoms with Crippen LogP contribution in [0.2, 0.25) is 0 Å². The summed E-state index contributed by atoms with van der Waals surface area (Å²) in [5.74, 6) is 0. The third-order valence-electron chi connectivity index (χ3n) is 2.99. The van der Waals surface area contributed by atoms with Crippen LogP contribution in [-0.4, -0.2) is 15.8 Å². The fourth-order valence-corrected chi connectivity index (χ4v) is 2.10. The highest BCUT2D eigenvalue weighted by Gasteiger charge is 2.41. The van der Waals surface area contributed by atoms with Crippen LogP contribution in [0.5, 0.6) is 0 Å². The summed E-state index contributed by atoms with van der Waals surface area (Å²) in [4.78, 5) is 0. The maximum absolute atomic E-state index is 12.6. The first-order valence-electron chi connectivity index (χ1n) is 5.94. The molecule has 0 aliphatic carbocycles. The van der Waals surface area contributed by atoms with Gasteiger partial charge in [-0.1, -0.05) is 30.3 Å². The molecule has 0 radical (unpaired) electrons. The van der Waals surface area contributed by atoms with Gasteiger partial charge >= 0.3 is 6.18 Å². The number of halogens is 3. The fraction of sp³-hybridized carbons (Fsp3) is 0.286. The number of aromatic nitrogens is 1. The number of alkyl halides is 3. The van der Waals surface area contributed by atoms with E-state index in [1.807, 2.05) is 30.3 Å².